The van der Waals surface area contributed by atoms with Crippen molar-refractivity contribution in [3.63, 3.8) is 0 Å². The summed E-state index contributed by atoms with van der Waals surface area (Å²) in [6.45, 7) is 2.56. The highest BCUT2D eigenvalue weighted by molar-refractivity contribution is 7.07. The Bertz CT molecular complexity index is 520. The van der Waals surface area contributed by atoms with Gasteiger partial charge in [-0.15, -0.1) is 0 Å². The first-order chi connectivity index (χ1) is 9.35. The normalized spacial score (nSPS) is 15.1. The summed E-state index contributed by atoms with van der Waals surface area (Å²) < 4.78 is 0. The fraction of sp³-hybridized carbons (Fsp3) is 0.400. The Kier molecular flexibility index (Phi) is 3.92. The van der Waals surface area contributed by atoms with Crippen LogP contribution in [0.25, 0.3) is 0 Å². The molecule has 4 heteroatoms. The second-order valence-corrected chi connectivity index (χ2v) is 5.91. The number of hydrogen-bond donors (Lipinski definition) is 1. The first kappa shape index (κ1) is 12.8. The average molecular weight is 273 g/mol. The van der Waals surface area contributed by atoms with Crippen molar-refractivity contribution >= 4 is 11.3 Å². The molecule has 1 aliphatic carbocycles. The average Bonchev–Trinajstić information content (AvgIpc) is 3.17. The highest BCUT2D eigenvalue weighted by Gasteiger charge is 2.28. The van der Waals surface area contributed by atoms with Crippen molar-refractivity contribution in [1.82, 2.24) is 9.88 Å². The summed E-state index contributed by atoms with van der Waals surface area (Å²) in [7, 11) is 0. The number of thiophene rings is 1. The lowest BCUT2D eigenvalue weighted by Crippen LogP contribution is -2.25. The molecule has 2 aromatic heterocycles. The molecule has 100 valence electrons. The Morgan fingerprint density at radius 1 is 1.26 bits per heavy atom. The Morgan fingerprint density at radius 3 is 2.79 bits per heavy atom. The van der Waals surface area contributed by atoms with E-state index >= 15 is 0 Å². The van der Waals surface area contributed by atoms with Gasteiger partial charge in [0.05, 0.1) is 5.69 Å². The van der Waals surface area contributed by atoms with E-state index in [0.29, 0.717) is 6.54 Å². The molecule has 1 fully saturated rings. The highest BCUT2D eigenvalue weighted by atomic mass is 32.1. The third-order valence-electron chi connectivity index (χ3n) is 3.50. The van der Waals surface area contributed by atoms with Crippen LogP contribution >= 0.6 is 11.3 Å². The summed E-state index contributed by atoms with van der Waals surface area (Å²) in [5.74, 6) is 0. The second kappa shape index (κ2) is 5.82. The lowest BCUT2D eigenvalue weighted by atomic mass is 10.2. The molecule has 1 aliphatic rings. The molecule has 0 bridgehead atoms. The molecule has 0 atom stereocenters. The molecule has 2 heterocycles. The zero-order valence-electron chi connectivity index (χ0n) is 11.0. The van der Waals surface area contributed by atoms with Crippen molar-refractivity contribution in [2.24, 2.45) is 5.73 Å². The number of rotatable bonds is 6. The molecule has 0 saturated heterocycles. The minimum absolute atomic E-state index is 0.516. The minimum Gasteiger partial charge on any atom is -0.325 e. The highest BCUT2D eigenvalue weighted by Crippen LogP contribution is 2.30. The largest absolute Gasteiger partial charge is 0.325 e. The maximum Gasteiger partial charge on any atom is 0.0542 e. The summed E-state index contributed by atoms with van der Waals surface area (Å²) in [6, 6.07) is 7.21. The van der Waals surface area contributed by atoms with E-state index in [-0.39, 0.29) is 0 Å². The van der Waals surface area contributed by atoms with Gasteiger partial charge in [-0.05, 0) is 52.9 Å². The zero-order valence-corrected chi connectivity index (χ0v) is 11.8. The fourth-order valence-corrected chi connectivity index (χ4v) is 3.00. The number of nitrogens with two attached hydrogens (primary N) is 1. The van der Waals surface area contributed by atoms with Crippen LogP contribution in [0.1, 0.15) is 29.7 Å². The van der Waals surface area contributed by atoms with Gasteiger partial charge in [-0.3, -0.25) is 9.88 Å². The van der Waals surface area contributed by atoms with E-state index in [1.54, 1.807) is 11.3 Å². The molecule has 0 spiro atoms. The summed E-state index contributed by atoms with van der Waals surface area (Å²) in [6.07, 6.45) is 4.53. The van der Waals surface area contributed by atoms with E-state index in [1.807, 2.05) is 6.20 Å². The lowest BCUT2D eigenvalue weighted by Gasteiger charge is -2.21. The molecular weight excluding hydrogens is 254 g/mol. The summed E-state index contributed by atoms with van der Waals surface area (Å²) >= 11 is 1.77. The molecule has 3 rings (SSSR count). The van der Waals surface area contributed by atoms with Gasteiger partial charge in [0.25, 0.3) is 0 Å². The second-order valence-electron chi connectivity index (χ2n) is 5.13. The van der Waals surface area contributed by atoms with Crippen LogP contribution in [0.5, 0.6) is 0 Å². The van der Waals surface area contributed by atoms with Gasteiger partial charge in [0.1, 0.15) is 0 Å². The topological polar surface area (TPSA) is 42.1 Å². The monoisotopic (exact) mass is 273 g/mol. The minimum atomic E-state index is 0.516. The molecule has 0 unspecified atom stereocenters. The van der Waals surface area contributed by atoms with Crippen molar-refractivity contribution in [2.45, 2.75) is 38.5 Å². The number of aromatic nitrogens is 1. The van der Waals surface area contributed by atoms with E-state index in [2.05, 4.69) is 38.8 Å². The van der Waals surface area contributed by atoms with E-state index in [0.717, 1.165) is 24.8 Å². The molecule has 2 aromatic rings. The zero-order chi connectivity index (χ0) is 13.1. The van der Waals surface area contributed by atoms with E-state index in [4.69, 9.17) is 5.73 Å². The van der Waals surface area contributed by atoms with Gasteiger partial charge >= 0.3 is 0 Å². The van der Waals surface area contributed by atoms with Crippen LogP contribution in [0, 0.1) is 0 Å². The molecule has 0 radical (unpaired) electrons. The SMILES string of the molecule is NCc1cc(CN(Cc2ccsc2)C2CC2)ccn1. The van der Waals surface area contributed by atoms with Crippen LogP contribution in [-0.4, -0.2) is 15.9 Å². The number of nitrogens with zero attached hydrogens (tertiary/aromatic N) is 2. The van der Waals surface area contributed by atoms with Crippen LogP contribution < -0.4 is 5.73 Å². The fourth-order valence-electron chi connectivity index (χ4n) is 2.34. The molecule has 0 amide bonds. The molecule has 1 saturated carbocycles. The summed E-state index contributed by atoms with van der Waals surface area (Å²) in [5, 5.41) is 4.40. The van der Waals surface area contributed by atoms with Gasteiger partial charge in [0, 0.05) is 31.9 Å². The molecular formula is C15H19N3S. The first-order valence-electron chi connectivity index (χ1n) is 6.74. The lowest BCUT2D eigenvalue weighted by molar-refractivity contribution is 0.246. The Balaban J connectivity index is 1.70. The quantitative estimate of drug-likeness (QED) is 0.880. The van der Waals surface area contributed by atoms with Gasteiger partial charge in [-0.2, -0.15) is 11.3 Å². The van der Waals surface area contributed by atoms with Crippen LogP contribution in [0.15, 0.2) is 35.2 Å². The predicted octanol–water partition coefficient (Wildman–Crippen LogP) is 2.77. The maximum absolute atomic E-state index is 5.66. The van der Waals surface area contributed by atoms with Crippen LogP contribution in [0.4, 0.5) is 0 Å². The summed E-state index contributed by atoms with van der Waals surface area (Å²) in [5.41, 5.74) is 9.37. The van der Waals surface area contributed by atoms with Crippen LogP contribution in [0.2, 0.25) is 0 Å². The van der Waals surface area contributed by atoms with Gasteiger partial charge in [0.2, 0.25) is 0 Å². The maximum atomic E-state index is 5.66. The molecule has 0 aromatic carbocycles. The van der Waals surface area contributed by atoms with Crippen molar-refractivity contribution in [3.05, 3.63) is 52.0 Å². The third-order valence-corrected chi connectivity index (χ3v) is 4.24. The molecule has 19 heavy (non-hydrogen) atoms. The van der Waals surface area contributed by atoms with Crippen molar-refractivity contribution in [3.8, 4) is 0 Å². The van der Waals surface area contributed by atoms with Gasteiger partial charge in [-0.1, -0.05) is 0 Å². The predicted molar refractivity (Wildman–Crippen MR) is 78.7 cm³/mol. The Morgan fingerprint density at radius 2 is 2.11 bits per heavy atom. The first-order valence-corrected chi connectivity index (χ1v) is 7.68. The van der Waals surface area contributed by atoms with Crippen molar-refractivity contribution in [2.75, 3.05) is 0 Å². The standard InChI is InChI=1S/C15H19N3S/c16-8-14-7-12(3-5-17-14)9-18(15-1-2-15)10-13-4-6-19-11-13/h3-7,11,15H,1-2,8-10,16H2. The van der Waals surface area contributed by atoms with E-state index in [1.165, 1.54) is 24.0 Å². The van der Waals surface area contributed by atoms with Gasteiger partial charge in [0.15, 0.2) is 0 Å². The van der Waals surface area contributed by atoms with Crippen LogP contribution in [-0.2, 0) is 19.6 Å². The molecule has 2 N–H and O–H groups in total. The smallest absolute Gasteiger partial charge is 0.0542 e. The van der Waals surface area contributed by atoms with Gasteiger partial charge in [-0.25, -0.2) is 0 Å². The Labute approximate surface area is 118 Å². The Hall–Kier alpha value is -1.23. The van der Waals surface area contributed by atoms with Gasteiger partial charge < -0.3 is 5.73 Å². The third kappa shape index (κ3) is 3.41. The molecule has 3 nitrogen and oxygen atoms in total. The number of pyridine rings is 1. The van der Waals surface area contributed by atoms with Crippen molar-refractivity contribution < 1.29 is 0 Å². The van der Waals surface area contributed by atoms with Crippen LogP contribution in [0.3, 0.4) is 0 Å². The van der Waals surface area contributed by atoms with E-state index in [9.17, 15) is 0 Å². The summed E-state index contributed by atoms with van der Waals surface area (Å²) in [4.78, 5) is 6.83. The molecule has 0 aliphatic heterocycles. The number of hydrogen-bond acceptors (Lipinski definition) is 4. The van der Waals surface area contributed by atoms with Crippen molar-refractivity contribution in [1.29, 1.82) is 0 Å². The van der Waals surface area contributed by atoms with E-state index < -0.39 is 0 Å².